The molecule has 0 saturated heterocycles. The van der Waals surface area contributed by atoms with E-state index >= 15 is 0 Å². The largest absolute Gasteiger partial charge is 0.497 e. The van der Waals surface area contributed by atoms with Crippen molar-refractivity contribution < 1.29 is 14.3 Å². The Morgan fingerprint density at radius 1 is 1.16 bits per heavy atom. The molecule has 3 rings (SSSR count). The van der Waals surface area contributed by atoms with Gasteiger partial charge < -0.3 is 14.0 Å². The molecule has 0 aliphatic rings. The molecule has 0 aliphatic heterocycles. The average molecular weight is 356 g/mol. The van der Waals surface area contributed by atoms with E-state index in [9.17, 15) is 4.79 Å². The van der Waals surface area contributed by atoms with E-state index in [1.807, 2.05) is 12.1 Å². The highest BCUT2D eigenvalue weighted by Gasteiger charge is 2.11. The van der Waals surface area contributed by atoms with Crippen LogP contribution in [0.3, 0.4) is 0 Å². The van der Waals surface area contributed by atoms with E-state index in [2.05, 4.69) is 22.5 Å². The third-order valence-electron chi connectivity index (χ3n) is 3.96. The fourth-order valence-electron chi connectivity index (χ4n) is 2.67. The Hall–Kier alpha value is -2.44. The maximum absolute atomic E-state index is 12.6. The van der Waals surface area contributed by atoms with Crippen LogP contribution in [0, 0.1) is 6.92 Å². The Morgan fingerprint density at radius 3 is 2.60 bits per heavy atom. The maximum atomic E-state index is 12.6. The Morgan fingerprint density at radius 2 is 1.92 bits per heavy atom. The highest BCUT2D eigenvalue weighted by atomic mass is 32.1. The third kappa shape index (κ3) is 3.65. The first-order chi connectivity index (χ1) is 12.1. The minimum atomic E-state index is -0.266. The zero-order chi connectivity index (χ0) is 17.8. The molecule has 25 heavy (non-hydrogen) atoms. The zero-order valence-electron chi connectivity index (χ0n) is 14.5. The molecule has 0 spiro atoms. The van der Waals surface area contributed by atoms with Crippen LogP contribution < -0.4 is 9.54 Å². The van der Waals surface area contributed by atoms with Gasteiger partial charge in [0.2, 0.25) is 0 Å². The first kappa shape index (κ1) is 17.4. The SMILES string of the molecule is COCCn1c(=NC(=O)c2ccc(OC)cc2)sc2cccc(C)c21. The summed E-state index contributed by atoms with van der Waals surface area (Å²) in [6, 6.07) is 13.1. The summed E-state index contributed by atoms with van der Waals surface area (Å²) in [6.45, 7) is 3.27. The summed E-state index contributed by atoms with van der Waals surface area (Å²) in [5, 5.41) is 0. The van der Waals surface area contributed by atoms with E-state index in [0.29, 0.717) is 29.3 Å². The van der Waals surface area contributed by atoms with Crippen LogP contribution in [0.15, 0.2) is 47.5 Å². The van der Waals surface area contributed by atoms with Crippen molar-refractivity contribution >= 4 is 27.5 Å². The molecule has 0 atom stereocenters. The molecule has 2 aromatic carbocycles. The second-order valence-corrected chi connectivity index (χ2v) is 6.61. The van der Waals surface area contributed by atoms with E-state index in [0.717, 1.165) is 15.8 Å². The quantitative estimate of drug-likeness (QED) is 0.704. The molecule has 0 bridgehead atoms. The number of para-hydroxylation sites is 1. The number of ether oxygens (including phenoxy) is 2. The summed E-state index contributed by atoms with van der Waals surface area (Å²) in [6.07, 6.45) is 0. The van der Waals surface area contributed by atoms with Crippen LogP contribution in [0.25, 0.3) is 10.2 Å². The number of fused-ring (bicyclic) bond motifs is 1. The topological polar surface area (TPSA) is 52.8 Å². The number of carbonyl (C=O) groups is 1. The summed E-state index contributed by atoms with van der Waals surface area (Å²) < 4.78 is 13.5. The zero-order valence-corrected chi connectivity index (χ0v) is 15.3. The van der Waals surface area contributed by atoms with Crippen LogP contribution in [0.4, 0.5) is 0 Å². The molecule has 0 N–H and O–H groups in total. The van der Waals surface area contributed by atoms with Gasteiger partial charge in [-0.1, -0.05) is 23.5 Å². The van der Waals surface area contributed by atoms with Gasteiger partial charge in [0.1, 0.15) is 5.75 Å². The van der Waals surface area contributed by atoms with E-state index in [1.54, 1.807) is 38.5 Å². The van der Waals surface area contributed by atoms with Crippen molar-refractivity contribution in [2.75, 3.05) is 20.8 Å². The molecule has 0 radical (unpaired) electrons. The van der Waals surface area contributed by atoms with E-state index < -0.39 is 0 Å². The van der Waals surface area contributed by atoms with Gasteiger partial charge in [-0.05, 0) is 42.8 Å². The van der Waals surface area contributed by atoms with Crippen LogP contribution in [-0.4, -0.2) is 31.3 Å². The number of amides is 1. The van der Waals surface area contributed by atoms with Gasteiger partial charge in [0, 0.05) is 19.2 Å². The fourth-order valence-corrected chi connectivity index (χ4v) is 3.80. The summed E-state index contributed by atoms with van der Waals surface area (Å²) >= 11 is 1.51. The van der Waals surface area contributed by atoms with Crippen LogP contribution in [0.1, 0.15) is 15.9 Å². The lowest BCUT2D eigenvalue weighted by Gasteiger charge is -2.06. The third-order valence-corrected chi connectivity index (χ3v) is 5.00. The predicted octanol–water partition coefficient (Wildman–Crippen LogP) is 3.41. The molecule has 1 amide bonds. The molecular weight excluding hydrogens is 336 g/mol. The van der Waals surface area contributed by atoms with Gasteiger partial charge in [-0.15, -0.1) is 0 Å². The van der Waals surface area contributed by atoms with Gasteiger partial charge in [0.25, 0.3) is 5.91 Å². The second-order valence-electron chi connectivity index (χ2n) is 5.60. The van der Waals surface area contributed by atoms with Gasteiger partial charge in [-0.25, -0.2) is 0 Å². The first-order valence-corrected chi connectivity index (χ1v) is 8.76. The van der Waals surface area contributed by atoms with E-state index in [1.165, 1.54) is 11.3 Å². The van der Waals surface area contributed by atoms with Crippen LogP contribution in [0.2, 0.25) is 0 Å². The van der Waals surface area contributed by atoms with Crippen molar-refractivity contribution in [1.29, 1.82) is 0 Å². The van der Waals surface area contributed by atoms with Crippen LogP contribution >= 0.6 is 11.3 Å². The lowest BCUT2D eigenvalue weighted by molar-refractivity contribution is 0.0997. The number of hydrogen-bond donors (Lipinski definition) is 0. The summed E-state index contributed by atoms with van der Waals surface area (Å²) in [5.41, 5.74) is 2.79. The number of thiazole rings is 1. The summed E-state index contributed by atoms with van der Waals surface area (Å²) in [5.74, 6) is 0.447. The molecule has 0 saturated carbocycles. The van der Waals surface area contributed by atoms with Crippen molar-refractivity contribution in [2.45, 2.75) is 13.5 Å². The molecule has 0 unspecified atom stereocenters. The van der Waals surface area contributed by atoms with Crippen LogP contribution in [-0.2, 0) is 11.3 Å². The molecule has 1 heterocycles. The number of benzene rings is 2. The van der Waals surface area contributed by atoms with Gasteiger partial charge in [0.15, 0.2) is 4.80 Å². The van der Waals surface area contributed by atoms with Crippen molar-refractivity contribution in [3.63, 3.8) is 0 Å². The molecule has 0 fully saturated rings. The first-order valence-electron chi connectivity index (χ1n) is 7.95. The Labute approximate surface area is 150 Å². The molecule has 130 valence electrons. The maximum Gasteiger partial charge on any atom is 0.279 e. The van der Waals surface area contributed by atoms with Crippen molar-refractivity contribution in [1.82, 2.24) is 4.57 Å². The summed E-state index contributed by atoms with van der Waals surface area (Å²) in [7, 11) is 3.26. The molecule has 3 aromatic rings. The van der Waals surface area contributed by atoms with Gasteiger partial charge >= 0.3 is 0 Å². The number of aryl methyl sites for hydroxylation is 1. The molecule has 6 heteroatoms. The van der Waals surface area contributed by atoms with E-state index in [4.69, 9.17) is 9.47 Å². The standard InChI is InChI=1S/C19H20N2O3S/c1-13-5-4-6-16-17(13)21(11-12-23-2)19(25-16)20-18(22)14-7-9-15(24-3)10-8-14/h4-10H,11-12H2,1-3H3. The number of nitrogens with zero attached hydrogens (tertiary/aromatic N) is 2. The predicted molar refractivity (Wildman–Crippen MR) is 99.3 cm³/mol. The summed E-state index contributed by atoms with van der Waals surface area (Å²) in [4.78, 5) is 17.6. The van der Waals surface area contributed by atoms with Crippen molar-refractivity contribution in [3.05, 3.63) is 58.4 Å². The second kappa shape index (κ2) is 7.63. The number of rotatable bonds is 5. The van der Waals surface area contributed by atoms with Crippen molar-refractivity contribution in [2.24, 2.45) is 4.99 Å². The average Bonchev–Trinajstić information content (AvgIpc) is 2.98. The lowest BCUT2D eigenvalue weighted by atomic mass is 10.2. The molecule has 0 aliphatic carbocycles. The smallest absolute Gasteiger partial charge is 0.279 e. The van der Waals surface area contributed by atoms with Crippen LogP contribution in [0.5, 0.6) is 5.75 Å². The monoisotopic (exact) mass is 356 g/mol. The Kier molecular flexibility index (Phi) is 5.31. The number of methoxy groups -OCH3 is 2. The minimum absolute atomic E-state index is 0.266. The number of aromatic nitrogens is 1. The number of carbonyl (C=O) groups excluding carboxylic acids is 1. The minimum Gasteiger partial charge on any atom is -0.497 e. The molecule has 1 aromatic heterocycles. The fraction of sp³-hybridized carbons (Fsp3) is 0.263. The Bertz CT molecular complexity index is 955. The van der Waals surface area contributed by atoms with E-state index in [-0.39, 0.29) is 5.91 Å². The molecule has 5 nitrogen and oxygen atoms in total. The van der Waals surface area contributed by atoms with Crippen molar-refractivity contribution in [3.8, 4) is 5.75 Å². The van der Waals surface area contributed by atoms with Gasteiger partial charge in [0.05, 0.1) is 23.9 Å². The Balaban J connectivity index is 2.07. The lowest BCUT2D eigenvalue weighted by Crippen LogP contribution is -2.19. The van der Waals surface area contributed by atoms with Gasteiger partial charge in [-0.3, -0.25) is 4.79 Å². The van der Waals surface area contributed by atoms with Gasteiger partial charge in [-0.2, -0.15) is 4.99 Å². The highest BCUT2D eigenvalue weighted by molar-refractivity contribution is 7.16. The highest BCUT2D eigenvalue weighted by Crippen LogP contribution is 2.21. The molecular formula is C19H20N2O3S. The number of hydrogen-bond acceptors (Lipinski definition) is 4. The normalized spacial score (nSPS) is 11.9.